The second-order valence-electron chi connectivity index (χ2n) is 9.81. The van der Waals surface area contributed by atoms with Crippen molar-refractivity contribution in [2.45, 2.75) is 31.8 Å². The van der Waals surface area contributed by atoms with Gasteiger partial charge in [0, 0.05) is 118 Å². The Morgan fingerprint density at radius 1 is 0.515 bits per heavy atom. The molecule has 194 valence electrons. The van der Waals surface area contributed by atoms with Gasteiger partial charge >= 0.3 is 0 Å². The molecule has 0 aromatic heterocycles. The van der Waals surface area contributed by atoms with Crippen LogP contribution >= 0.6 is 0 Å². The minimum absolute atomic E-state index is 0.0843. The minimum Gasteiger partial charge on any atom is -0.343 e. The second kappa shape index (κ2) is 15.6. The van der Waals surface area contributed by atoms with Crippen LogP contribution in [-0.2, 0) is 9.47 Å². The first-order valence-corrected chi connectivity index (χ1v) is 13.2. The summed E-state index contributed by atoms with van der Waals surface area (Å²) in [5.74, 6) is -0.529. The maximum Gasteiger partial charge on any atom is 0.163 e. The van der Waals surface area contributed by atoms with Gasteiger partial charge in [-0.1, -0.05) is 0 Å². The molecular weight excluding hydrogens is 420 g/mol. The first-order chi connectivity index (χ1) is 16.1. The highest BCUT2D eigenvalue weighted by atomic mass is 16.8. The molecule has 3 aliphatic heterocycles. The highest BCUT2D eigenvalue weighted by molar-refractivity contribution is 4.87. The molecular formula is C23H50N8O2. The summed E-state index contributed by atoms with van der Waals surface area (Å²) in [5, 5.41) is 21.2. The fourth-order valence-electron chi connectivity index (χ4n) is 4.72. The molecule has 33 heavy (non-hydrogen) atoms. The van der Waals surface area contributed by atoms with Gasteiger partial charge in [0.15, 0.2) is 5.79 Å². The molecule has 0 aliphatic carbocycles. The van der Waals surface area contributed by atoms with Gasteiger partial charge in [-0.15, -0.1) is 0 Å². The van der Waals surface area contributed by atoms with Crippen LogP contribution in [0.1, 0.15) is 13.8 Å². The van der Waals surface area contributed by atoms with Gasteiger partial charge in [0.05, 0.1) is 0 Å². The zero-order valence-electron chi connectivity index (χ0n) is 21.1. The van der Waals surface area contributed by atoms with Gasteiger partial charge in [-0.05, 0) is 13.8 Å². The molecule has 3 aliphatic rings. The summed E-state index contributed by atoms with van der Waals surface area (Å²) in [5.41, 5.74) is 0. The van der Waals surface area contributed by atoms with Crippen LogP contribution in [0.2, 0.25) is 0 Å². The number of rotatable bonds is 4. The first kappa shape index (κ1) is 27.2. The standard InChI is InChI=1S/C23H50N8O2/c1-23(2)32-21(19-30-15-11-26-7-3-24-4-8-27-12-16-30)22(33-23)20-31-17-13-28-9-5-25-6-10-29-14-18-31/h21-22,24-29H,3-20H2,1-2H3/t21-,22-/m1/s1. The van der Waals surface area contributed by atoms with Crippen LogP contribution < -0.4 is 31.9 Å². The number of hydrogen-bond donors (Lipinski definition) is 6. The Morgan fingerprint density at radius 3 is 1.09 bits per heavy atom. The largest absolute Gasteiger partial charge is 0.343 e. The Morgan fingerprint density at radius 2 is 0.788 bits per heavy atom. The average Bonchev–Trinajstić information content (AvgIpc) is 3.04. The summed E-state index contributed by atoms with van der Waals surface area (Å²) in [6.07, 6.45) is 0.169. The SMILES string of the molecule is CC1(C)O[C@H](CN2CCNCCNCCNCC2)[C@@H](CN2CCNCCNCCNCC2)O1. The quantitative estimate of drug-likeness (QED) is 0.269. The number of hydrogen-bond acceptors (Lipinski definition) is 10. The normalized spacial score (nSPS) is 31.1. The third kappa shape index (κ3) is 11.3. The highest BCUT2D eigenvalue weighted by Crippen LogP contribution is 2.29. The number of nitrogens with zero attached hydrogens (tertiary/aromatic N) is 2. The molecule has 0 spiro atoms. The van der Waals surface area contributed by atoms with Gasteiger partial charge < -0.3 is 41.4 Å². The van der Waals surface area contributed by atoms with E-state index in [2.05, 4.69) is 55.5 Å². The number of nitrogens with one attached hydrogen (secondary N) is 6. The lowest BCUT2D eigenvalue weighted by molar-refractivity contribution is -0.148. The topological polar surface area (TPSA) is 97.1 Å². The van der Waals surface area contributed by atoms with Crippen LogP contribution in [0.15, 0.2) is 0 Å². The molecule has 3 fully saturated rings. The predicted molar refractivity (Wildman–Crippen MR) is 134 cm³/mol. The Bertz CT molecular complexity index is 447. The number of ether oxygens (including phenoxy) is 2. The molecule has 0 bridgehead atoms. The average molecular weight is 471 g/mol. The summed E-state index contributed by atoms with van der Waals surface area (Å²) >= 11 is 0. The third-order valence-electron chi connectivity index (χ3n) is 6.49. The maximum atomic E-state index is 6.43. The van der Waals surface area contributed by atoms with Crippen molar-refractivity contribution in [3.05, 3.63) is 0 Å². The van der Waals surface area contributed by atoms with E-state index in [1.807, 2.05) is 0 Å². The lowest BCUT2D eigenvalue weighted by Crippen LogP contribution is -2.49. The molecule has 10 heteroatoms. The first-order valence-electron chi connectivity index (χ1n) is 13.2. The Hall–Kier alpha value is -0.400. The second-order valence-corrected chi connectivity index (χ2v) is 9.81. The van der Waals surface area contributed by atoms with Crippen molar-refractivity contribution in [1.82, 2.24) is 41.7 Å². The highest BCUT2D eigenvalue weighted by Gasteiger charge is 2.42. The van der Waals surface area contributed by atoms with Crippen LogP contribution in [0, 0.1) is 0 Å². The van der Waals surface area contributed by atoms with E-state index < -0.39 is 5.79 Å². The minimum atomic E-state index is -0.529. The third-order valence-corrected chi connectivity index (χ3v) is 6.49. The van der Waals surface area contributed by atoms with E-state index in [1.54, 1.807) is 0 Å². The van der Waals surface area contributed by atoms with E-state index in [4.69, 9.17) is 9.47 Å². The van der Waals surface area contributed by atoms with Gasteiger partial charge in [0.1, 0.15) is 12.2 Å². The fraction of sp³-hybridized carbons (Fsp3) is 1.00. The van der Waals surface area contributed by atoms with Crippen molar-refractivity contribution in [2.75, 3.05) is 118 Å². The van der Waals surface area contributed by atoms with Gasteiger partial charge in [-0.3, -0.25) is 9.80 Å². The lowest BCUT2D eigenvalue weighted by atomic mass is 10.1. The van der Waals surface area contributed by atoms with Gasteiger partial charge in [0.2, 0.25) is 0 Å². The van der Waals surface area contributed by atoms with Gasteiger partial charge in [-0.2, -0.15) is 0 Å². The van der Waals surface area contributed by atoms with Gasteiger partial charge in [0.25, 0.3) is 0 Å². The molecule has 10 nitrogen and oxygen atoms in total. The van der Waals surface area contributed by atoms with E-state index in [1.165, 1.54) is 0 Å². The van der Waals surface area contributed by atoms with Crippen LogP contribution in [0.4, 0.5) is 0 Å². The summed E-state index contributed by atoms with van der Waals surface area (Å²) in [6, 6.07) is 0. The molecule has 0 aromatic carbocycles. The van der Waals surface area contributed by atoms with Gasteiger partial charge in [-0.25, -0.2) is 0 Å². The predicted octanol–water partition coefficient (Wildman–Crippen LogP) is -2.32. The molecule has 2 atom stereocenters. The molecule has 0 unspecified atom stereocenters. The lowest BCUT2D eigenvalue weighted by Gasteiger charge is -2.31. The van der Waals surface area contributed by atoms with Crippen molar-refractivity contribution in [3.8, 4) is 0 Å². The Labute approximate surface area is 201 Å². The molecule has 6 N–H and O–H groups in total. The molecule has 0 radical (unpaired) electrons. The summed E-state index contributed by atoms with van der Waals surface area (Å²) < 4.78 is 12.9. The van der Waals surface area contributed by atoms with Crippen molar-refractivity contribution < 1.29 is 9.47 Å². The van der Waals surface area contributed by atoms with Crippen molar-refractivity contribution in [3.63, 3.8) is 0 Å². The molecule has 0 amide bonds. The van der Waals surface area contributed by atoms with Crippen LogP contribution in [0.5, 0.6) is 0 Å². The monoisotopic (exact) mass is 470 g/mol. The molecule has 0 aromatic rings. The zero-order chi connectivity index (χ0) is 23.2. The van der Waals surface area contributed by atoms with E-state index in [0.29, 0.717) is 0 Å². The van der Waals surface area contributed by atoms with E-state index in [0.717, 1.165) is 118 Å². The van der Waals surface area contributed by atoms with Crippen molar-refractivity contribution in [1.29, 1.82) is 0 Å². The smallest absolute Gasteiger partial charge is 0.163 e. The Balaban J connectivity index is 1.54. The van der Waals surface area contributed by atoms with E-state index >= 15 is 0 Å². The van der Waals surface area contributed by atoms with Crippen LogP contribution in [0.25, 0.3) is 0 Å². The maximum absolute atomic E-state index is 6.43. The molecule has 3 heterocycles. The van der Waals surface area contributed by atoms with Crippen LogP contribution in [-0.4, -0.2) is 146 Å². The molecule has 3 saturated heterocycles. The fourth-order valence-corrected chi connectivity index (χ4v) is 4.72. The van der Waals surface area contributed by atoms with Crippen molar-refractivity contribution >= 4 is 0 Å². The van der Waals surface area contributed by atoms with Crippen molar-refractivity contribution in [2.24, 2.45) is 0 Å². The Kier molecular flexibility index (Phi) is 12.8. The summed E-state index contributed by atoms with van der Waals surface area (Å²) in [6.45, 7) is 22.2. The zero-order valence-corrected chi connectivity index (χ0v) is 21.1. The summed E-state index contributed by atoms with van der Waals surface area (Å²) in [7, 11) is 0. The van der Waals surface area contributed by atoms with E-state index in [9.17, 15) is 0 Å². The summed E-state index contributed by atoms with van der Waals surface area (Å²) in [4.78, 5) is 5.06. The van der Waals surface area contributed by atoms with E-state index in [-0.39, 0.29) is 12.2 Å². The van der Waals surface area contributed by atoms with Crippen LogP contribution in [0.3, 0.4) is 0 Å². The molecule has 3 rings (SSSR count). The molecule has 0 saturated carbocycles.